The molecule has 2 unspecified atom stereocenters. The number of aliphatic hydroxyl groups is 2. The molecule has 2 atom stereocenters. The lowest BCUT2D eigenvalue weighted by Crippen LogP contribution is -2.45. The van der Waals surface area contributed by atoms with Gasteiger partial charge in [0.25, 0.3) is 0 Å². The van der Waals surface area contributed by atoms with Crippen LogP contribution in [0.15, 0.2) is 48.6 Å². The van der Waals surface area contributed by atoms with E-state index in [0.717, 1.165) is 77.0 Å². The van der Waals surface area contributed by atoms with Gasteiger partial charge in [0.05, 0.1) is 25.4 Å². The summed E-state index contributed by atoms with van der Waals surface area (Å²) >= 11 is 0. The Labute approximate surface area is 416 Å². The molecule has 3 N–H and O–H groups in total. The van der Waals surface area contributed by atoms with Gasteiger partial charge in [0.15, 0.2) is 0 Å². The lowest BCUT2D eigenvalue weighted by molar-refractivity contribution is -0.143. The second kappa shape index (κ2) is 56.4. The molecule has 0 aliphatic rings. The van der Waals surface area contributed by atoms with Crippen LogP contribution < -0.4 is 5.32 Å². The average molecular weight is 941 g/mol. The first-order valence-electron chi connectivity index (χ1n) is 29.4. The molecule has 392 valence electrons. The maximum absolute atomic E-state index is 12.4. The highest BCUT2D eigenvalue weighted by molar-refractivity contribution is 5.76. The second-order valence-corrected chi connectivity index (χ2v) is 20.0. The molecule has 6 heteroatoms. The summed E-state index contributed by atoms with van der Waals surface area (Å²) < 4.78 is 5.46. The van der Waals surface area contributed by atoms with Crippen molar-refractivity contribution in [2.24, 2.45) is 0 Å². The van der Waals surface area contributed by atoms with Crippen molar-refractivity contribution >= 4 is 11.9 Å². The van der Waals surface area contributed by atoms with Crippen LogP contribution in [-0.4, -0.2) is 47.4 Å². The zero-order valence-corrected chi connectivity index (χ0v) is 44.6. The van der Waals surface area contributed by atoms with Gasteiger partial charge in [0.1, 0.15) is 0 Å². The number of allylic oxidation sites excluding steroid dienone is 8. The lowest BCUT2D eigenvalue weighted by Gasteiger charge is -2.22. The monoisotopic (exact) mass is 940 g/mol. The molecule has 67 heavy (non-hydrogen) atoms. The number of carbonyl (C=O) groups is 2. The molecule has 0 saturated heterocycles. The third kappa shape index (κ3) is 53.0. The Morgan fingerprint density at radius 1 is 0.433 bits per heavy atom. The summed E-state index contributed by atoms with van der Waals surface area (Å²) in [4.78, 5) is 24.5. The van der Waals surface area contributed by atoms with Crippen LogP contribution in [0.25, 0.3) is 0 Å². The number of aliphatic hydroxyl groups excluding tert-OH is 2. The molecule has 0 bridgehead atoms. The van der Waals surface area contributed by atoms with E-state index in [4.69, 9.17) is 4.74 Å². The Hall–Kier alpha value is -2.18. The van der Waals surface area contributed by atoms with Gasteiger partial charge in [-0.1, -0.05) is 249 Å². The highest BCUT2D eigenvalue weighted by atomic mass is 16.5. The van der Waals surface area contributed by atoms with Gasteiger partial charge in [-0.2, -0.15) is 0 Å². The molecular formula is C61H113NO5. The smallest absolute Gasteiger partial charge is 0.305 e. The van der Waals surface area contributed by atoms with E-state index < -0.39 is 12.1 Å². The molecule has 0 aromatic carbocycles. The summed E-state index contributed by atoms with van der Waals surface area (Å²) in [7, 11) is 0. The van der Waals surface area contributed by atoms with Gasteiger partial charge in [-0.3, -0.25) is 9.59 Å². The van der Waals surface area contributed by atoms with Crippen molar-refractivity contribution in [2.75, 3.05) is 13.2 Å². The van der Waals surface area contributed by atoms with E-state index in [1.807, 2.05) is 0 Å². The highest BCUT2D eigenvalue weighted by Crippen LogP contribution is 2.16. The van der Waals surface area contributed by atoms with E-state index in [2.05, 4.69) is 67.8 Å². The van der Waals surface area contributed by atoms with Crippen molar-refractivity contribution in [3.8, 4) is 0 Å². The van der Waals surface area contributed by atoms with E-state index in [9.17, 15) is 19.8 Å². The molecule has 1 amide bonds. The normalized spacial score (nSPS) is 13.0. The van der Waals surface area contributed by atoms with Crippen LogP contribution in [-0.2, 0) is 14.3 Å². The molecule has 6 nitrogen and oxygen atoms in total. The molecule has 0 rings (SSSR count). The summed E-state index contributed by atoms with van der Waals surface area (Å²) in [6, 6.07) is -0.549. The van der Waals surface area contributed by atoms with E-state index in [0.29, 0.717) is 25.9 Å². The molecule has 0 spiro atoms. The van der Waals surface area contributed by atoms with E-state index in [-0.39, 0.29) is 18.5 Å². The summed E-state index contributed by atoms with van der Waals surface area (Å²) in [5, 5.41) is 23.2. The standard InChI is InChI=1S/C61H113NO5/c1-3-5-7-9-11-13-15-17-18-19-21-25-28-31-35-39-43-47-51-55-61(66)67-56-52-48-44-40-36-32-29-26-23-20-22-24-27-30-34-38-42-46-50-54-60(65)62-58(57-63)59(64)53-49-45-41-37-33-16-14-12-10-8-6-4-2/h11,13,17-18,26,29,32,36,58-59,63-64H,3-10,12,14-16,19-25,27-28,30-31,33-35,37-57H2,1-2H3,(H,62,65)/b13-11-,18-17-,29-26-,36-32-. The quantitative estimate of drug-likeness (QED) is 0.0244. The number of esters is 1. The van der Waals surface area contributed by atoms with Crippen molar-refractivity contribution in [1.82, 2.24) is 5.32 Å². The van der Waals surface area contributed by atoms with Crippen LogP contribution in [0, 0.1) is 0 Å². The van der Waals surface area contributed by atoms with Gasteiger partial charge in [0, 0.05) is 12.8 Å². The fraction of sp³-hybridized carbons (Fsp3) is 0.836. The number of hydrogen-bond donors (Lipinski definition) is 3. The van der Waals surface area contributed by atoms with Gasteiger partial charge in [-0.15, -0.1) is 0 Å². The second-order valence-electron chi connectivity index (χ2n) is 20.0. The van der Waals surface area contributed by atoms with Gasteiger partial charge >= 0.3 is 5.97 Å². The number of unbranched alkanes of at least 4 members (excludes halogenated alkanes) is 36. The fourth-order valence-corrected chi connectivity index (χ4v) is 8.84. The van der Waals surface area contributed by atoms with Crippen LogP contribution in [0.1, 0.15) is 303 Å². The zero-order valence-electron chi connectivity index (χ0n) is 44.6. The number of amides is 1. The largest absolute Gasteiger partial charge is 0.466 e. The Bertz CT molecular complexity index is 1130. The minimum Gasteiger partial charge on any atom is -0.466 e. The highest BCUT2D eigenvalue weighted by Gasteiger charge is 2.20. The first-order chi connectivity index (χ1) is 33.0. The predicted octanol–water partition coefficient (Wildman–Crippen LogP) is 18.2. The number of hydrogen-bond acceptors (Lipinski definition) is 5. The predicted molar refractivity (Wildman–Crippen MR) is 292 cm³/mol. The van der Waals surface area contributed by atoms with Crippen LogP contribution in [0.4, 0.5) is 0 Å². The molecular weight excluding hydrogens is 827 g/mol. The summed E-state index contributed by atoms with van der Waals surface area (Å²) in [6.45, 7) is 4.88. The first-order valence-corrected chi connectivity index (χ1v) is 29.4. The van der Waals surface area contributed by atoms with Crippen molar-refractivity contribution in [1.29, 1.82) is 0 Å². The molecule has 0 fully saturated rings. The summed E-state index contributed by atoms with van der Waals surface area (Å²) in [5.74, 6) is -0.0634. The van der Waals surface area contributed by atoms with Gasteiger partial charge in [-0.25, -0.2) is 0 Å². The number of nitrogens with one attached hydrogen (secondary N) is 1. The molecule has 0 heterocycles. The van der Waals surface area contributed by atoms with Gasteiger partial charge in [-0.05, 0) is 89.9 Å². The minimum atomic E-state index is -0.671. The van der Waals surface area contributed by atoms with E-state index >= 15 is 0 Å². The van der Waals surface area contributed by atoms with Crippen LogP contribution in [0.3, 0.4) is 0 Å². The van der Waals surface area contributed by atoms with Crippen molar-refractivity contribution < 1.29 is 24.5 Å². The SMILES string of the molecule is CCCCC/C=C\C/C=C\CCCCCCCCCCCC(=O)OCCCCC/C=C\C=C/CCCCCCCCCCCCC(=O)NC(CO)C(O)CCCCCCCCCCCCCC. The lowest BCUT2D eigenvalue weighted by atomic mass is 10.0. The molecule has 0 saturated carbocycles. The van der Waals surface area contributed by atoms with E-state index in [1.165, 1.54) is 193 Å². The van der Waals surface area contributed by atoms with Crippen molar-refractivity contribution in [2.45, 2.75) is 315 Å². The maximum Gasteiger partial charge on any atom is 0.305 e. The van der Waals surface area contributed by atoms with E-state index in [1.54, 1.807) is 0 Å². The van der Waals surface area contributed by atoms with Crippen LogP contribution in [0.5, 0.6) is 0 Å². The number of carbonyl (C=O) groups excluding carboxylic acids is 2. The maximum atomic E-state index is 12.4. The van der Waals surface area contributed by atoms with Crippen molar-refractivity contribution in [3.05, 3.63) is 48.6 Å². The van der Waals surface area contributed by atoms with Gasteiger partial charge in [0.2, 0.25) is 5.91 Å². The average Bonchev–Trinajstić information content (AvgIpc) is 3.33. The minimum absolute atomic E-state index is 0.0175. The number of ether oxygens (including phenoxy) is 1. The summed E-state index contributed by atoms with van der Waals surface area (Å²) in [5.41, 5.74) is 0. The summed E-state index contributed by atoms with van der Waals surface area (Å²) in [6.07, 6.45) is 71.1. The molecule has 0 aromatic heterocycles. The number of rotatable bonds is 54. The Balaban J connectivity index is 3.46. The molecule has 0 aliphatic heterocycles. The van der Waals surface area contributed by atoms with Crippen LogP contribution >= 0.6 is 0 Å². The third-order valence-corrected chi connectivity index (χ3v) is 13.4. The topological polar surface area (TPSA) is 95.9 Å². The van der Waals surface area contributed by atoms with Gasteiger partial charge < -0.3 is 20.3 Å². The fourth-order valence-electron chi connectivity index (χ4n) is 8.84. The zero-order chi connectivity index (χ0) is 48.6. The Morgan fingerprint density at radius 3 is 1.25 bits per heavy atom. The third-order valence-electron chi connectivity index (χ3n) is 13.4. The van der Waals surface area contributed by atoms with Crippen molar-refractivity contribution in [3.63, 3.8) is 0 Å². The molecule has 0 aromatic rings. The first kappa shape index (κ1) is 64.8. The Morgan fingerprint density at radius 2 is 0.791 bits per heavy atom. The Kier molecular flexibility index (Phi) is 54.6. The molecule has 0 radical (unpaired) electrons. The van der Waals surface area contributed by atoms with Crippen LogP contribution in [0.2, 0.25) is 0 Å². The molecule has 0 aliphatic carbocycles.